The van der Waals surface area contributed by atoms with Crippen LogP contribution in [0.15, 0.2) is 24.3 Å². The Morgan fingerprint density at radius 3 is 2.72 bits per heavy atom. The van der Waals surface area contributed by atoms with Gasteiger partial charge >= 0.3 is 0 Å². The zero-order valence-corrected chi connectivity index (χ0v) is 11.5. The molecule has 1 aromatic rings. The van der Waals surface area contributed by atoms with E-state index in [9.17, 15) is 13.0 Å². The van der Waals surface area contributed by atoms with Crippen LogP contribution in [-0.2, 0) is 16.5 Å². The van der Waals surface area contributed by atoms with Gasteiger partial charge in [-0.3, -0.25) is 4.55 Å². The summed E-state index contributed by atoms with van der Waals surface area (Å²) in [7, 11) is -4.02. The Bertz CT molecular complexity index is 508. The van der Waals surface area contributed by atoms with Crippen molar-refractivity contribution in [1.82, 2.24) is 0 Å². The SMILES string of the molecule is CCCCC1CCc2ccccc2C1S(=O)(=O)O. The summed E-state index contributed by atoms with van der Waals surface area (Å²) in [5.74, 6) is 0.0508. The van der Waals surface area contributed by atoms with Gasteiger partial charge in [-0.1, -0.05) is 44.0 Å². The van der Waals surface area contributed by atoms with Gasteiger partial charge in [0.2, 0.25) is 0 Å². The van der Waals surface area contributed by atoms with Crippen molar-refractivity contribution in [3.05, 3.63) is 35.4 Å². The lowest BCUT2D eigenvalue weighted by Gasteiger charge is -2.31. The number of fused-ring (bicyclic) bond motifs is 1. The predicted molar refractivity (Wildman–Crippen MR) is 72.1 cm³/mol. The van der Waals surface area contributed by atoms with Crippen molar-refractivity contribution in [2.45, 2.75) is 44.3 Å². The van der Waals surface area contributed by atoms with Crippen LogP contribution in [-0.4, -0.2) is 13.0 Å². The minimum atomic E-state index is -4.02. The van der Waals surface area contributed by atoms with Gasteiger partial charge in [0.15, 0.2) is 0 Å². The average molecular weight is 268 g/mol. The number of benzene rings is 1. The Labute approximate surface area is 109 Å². The third-order valence-electron chi connectivity index (χ3n) is 3.82. The number of unbranched alkanes of at least 4 members (excludes halogenated alkanes) is 1. The molecule has 0 heterocycles. The Hall–Kier alpha value is -0.870. The van der Waals surface area contributed by atoms with Crippen molar-refractivity contribution >= 4 is 10.1 Å². The summed E-state index contributed by atoms with van der Waals surface area (Å²) in [4.78, 5) is 0. The van der Waals surface area contributed by atoms with E-state index in [2.05, 4.69) is 6.92 Å². The third kappa shape index (κ3) is 2.75. The topological polar surface area (TPSA) is 54.4 Å². The fourth-order valence-electron chi connectivity index (χ4n) is 2.95. The first-order valence-corrected chi connectivity index (χ1v) is 8.08. The van der Waals surface area contributed by atoms with Gasteiger partial charge in [0.05, 0.1) is 0 Å². The van der Waals surface area contributed by atoms with Gasteiger partial charge in [0, 0.05) is 0 Å². The molecule has 0 aliphatic heterocycles. The monoisotopic (exact) mass is 268 g/mol. The molecular formula is C14H20O3S. The first-order valence-electron chi connectivity index (χ1n) is 6.58. The van der Waals surface area contributed by atoms with E-state index in [0.717, 1.165) is 43.2 Å². The maximum atomic E-state index is 11.7. The zero-order valence-electron chi connectivity index (χ0n) is 10.7. The van der Waals surface area contributed by atoms with E-state index in [1.165, 1.54) is 0 Å². The summed E-state index contributed by atoms with van der Waals surface area (Å²) in [6.07, 6.45) is 4.70. The standard InChI is InChI=1S/C14H20O3S/c1-2-3-6-12-10-9-11-7-4-5-8-13(11)14(12)18(15,16)17/h4-5,7-8,12,14H,2-3,6,9-10H2,1H3,(H,15,16,17). The molecule has 0 saturated carbocycles. The van der Waals surface area contributed by atoms with Gasteiger partial charge in [-0.15, -0.1) is 0 Å². The fourth-order valence-corrected chi connectivity index (χ4v) is 4.26. The Balaban J connectivity index is 2.37. The lowest BCUT2D eigenvalue weighted by molar-refractivity contribution is 0.365. The molecule has 0 bridgehead atoms. The minimum absolute atomic E-state index is 0.0508. The quantitative estimate of drug-likeness (QED) is 0.852. The largest absolute Gasteiger partial charge is 0.285 e. The van der Waals surface area contributed by atoms with Crippen LogP contribution < -0.4 is 0 Å². The second-order valence-corrected chi connectivity index (χ2v) is 6.61. The van der Waals surface area contributed by atoms with E-state index in [1.807, 2.05) is 24.3 Å². The molecular weight excluding hydrogens is 248 g/mol. The number of rotatable bonds is 4. The van der Waals surface area contributed by atoms with Crippen LogP contribution in [0.2, 0.25) is 0 Å². The second kappa shape index (κ2) is 5.41. The molecule has 2 atom stereocenters. The Morgan fingerprint density at radius 1 is 1.33 bits per heavy atom. The van der Waals surface area contributed by atoms with Crippen LogP contribution in [0.25, 0.3) is 0 Å². The first-order chi connectivity index (χ1) is 8.54. The third-order valence-corrected chi connectivity index (χ3v) is 5.10. The van der Waals surface area contributed by atoms with Crippen molar-refractivity contribution in [3.8, 4) is 0 Å². The Kier molecular flexibility index (Phi) is 4.07. The van der Waals surface area contributed by atoms with Gasteiger partial charge in [-0.05, 0) is 36.3 Å². The van der Waals surface area contributed by atoms with Crippen LogP contribution in [0, 0.1) is 5.92 Å². The molecule has 100 valence electrons. The molecule has 1 N–H and O–H groups in total. The second-order valence-electron chi connectivity index (χ2n) is 5.08. The van der Waals surface area contributed by atoms with Crippen molar-refractivity contribution in [2.75, 3.05) is 0 Å². The highest BCUT2D eigenvalue weighted by molar-refractivity contribution is 7.86. The first kappa shape index (κ1) is 13.6. The van der Waals surface area contributed by atoms with Crippen molar-refractivity contribution in [2.24, 2.45) is 5.92 Å². The summed E-state index contributed by atoms with van der Waals surface area (Å²) in [5, 5.41) is -0.728. The van der Waals surface area contributed by atoms with Gasteiger partial charge in [0.1, 0.15) is 5.25 Å². The van der Waals surface area contributed by atoms with E-state index in [0.29, 0.717) is 0 Å². The van der Waals surface area contributed by atoms with Gasteiger partial charge in [0.25, 0.3) is 10.1 Å². The van der Waals surface area contributed by atoms with Gasteiger partial charge < -0.3 is 0 Å². The molecule has 0 saturated heterocycles. The van der Waals surface area contributed by atoms with E-state index >= 15 is 0 Å². The highest BCUT2D eigenvalue weighted by atomic mass is 32.2. The van der Waals surface area contributed by atoms with Crippen LogP contribution in [0.4, 0.5) is 0 Å². The molecule has 3 nitrogen and oxygen atoms in total. The molecule has 4 heteroatoms. The minimum Gasteiger partial charge on any atom is -0.285 e. The maximum absolute atomic E-state index is 11.7. The van der Waals surface area contributed by atoms with Gasteiger partial charge in [-0.2, -0.15) is 8.42 Å². The summed E-state index contributed by atoms with van der Waals surface area (Å²) in [5.41, 5.74) is 1.86. The molecule has 0 spiro atoms. The lowest BCUT2D eigenvalue weighted by Crippen LogP contribution is -2.27. The van der Waals surface area contributed by atoms with Crippen molar-refractivity contribution in [1.29, 1.82) is 0 Å². The van der Waals surface area contributed by atoms with E-state index in [4.69, 9.17) is 0 Å². The van der Waals surface area contributed by atoms with Gasteiger partial charge in [-0.25, -0.2) is 0 Å². The summed E-state index contributed by atoms with van der Waals surface area (Å²) in [6.45, 7) is 2.10. The summed E-state index contributed by atoms with van der Waals surface area (Å²) < 4.78 is 32.9. The lowest BCUT2D eigenvalue weighted by atomic mass is 9.81. The number of hydrogen-bond acceptors (Lipinski definition) is 2. The smallest absolute Gasteiger partial charge is 0.272 e. The molecule has 0 amide bonds. The van der Waals surface area contributed by atoms with E-state index < -0.39 is 15.4 Å². The van der Waals surface area contributed by atoms with Crippen molar-refractivity contribution in [3.63, 3.8) is 0 Å². The average Bonchev–Trinajstić information content (AvgIpc) is 2.34. The highest BCUT2D eigenvalue weighted by Crippen LogP contribution is 2.41. The van der Waals surface area contributed by atoms with E-state index in [1.54, 1.807) is 0 Å². The molecule has 0 radical (unpaired) electrons. The number of hydrogen-bond donors (Lipinski definition) is 1. The molecule has 1 aliphatic carbocycles. The van der Waals surface area contributed by atoms with Crippen molar-refractivity contribution < 1.29 is 13.0 Å². The number of aryl methyl sites for hydroxylation is 1. The molecule has 0 fully saturated rings. The fraction of sp³-hybridized carbons (Fsp3) is 0.571. The maximum Gasteiger partial charge on any atom is 0.272 e. The molecule has 2 rings (SSSR count). The molecule has 0 aromatic heterocycles. The van der Waals surface area contributed by atoms with Crippen LogP contribution in [0.5, 0.6) is 0 Å². The van der Waals surface area contributed by atoms with E-state index in [-0.39, 0.29) is 5.92 Å². The Morgan fingerprint density at radius 2 is 2.06 bits per heavy atom. The highest BCUT2D eigenvalue weighted by Gasteiger charge is 2.37. The predicted octanol–water partition coefficient (Wildman–Crippen LogP) is 3.37. The molecule has 1 aromatic carbocycles. The normalized spacial score (nSPS) is 23.7. The summed E-state index contributed by atoms with van der Waals surface area (Å²) >= 11 is 0. The molecule has 2 unspecified atom stereocenters. The molecule has 1 aliphatic rings. The molecule has 18 heavy (non-hydrogen) atoms. The summed E-state index contributed by atoms with van der Waals surface area (Å²) in [6, 6.07) is 7.57. The van der Waals surface area contributed by atoms with Crippen LogP contribution in [0.3, 0.4) is 0 Å². The van der Waals surface area contributed by atoms with Crippen LogP contribution >= 0.6 is 0 Å². The zero-order chi connectivity index (χ0) is 13.2. The van der Waals surface area contributed by atoms with Crippen LogP contribution in [0.1, 0.15) is 49.0 Å².